The van der Waals surface area contributed by atoms with Crippen molar-refractivity contribution in [3.63, 3.8) is 0 Å². The molecule has 0 aromatic heterocycles. The Labute approximate surface area is 174 Å². The Balaban J connectivity index is 0.000000379. The summed E-state index contributed by atoms with van der Waals surface area (Å²) in [6.07, 6.45) is 3.36. The number of hydrogen-bond donors (Lipinski definition) is 0. The maximum absolute atomic E-state index is 5.86. The van der Waals surface area contributed by atoms with Crippen LogP contribution >= 0.6 is 0 Å². The summed E-state index contributed by atoms with van der Waals surface area (Å²) in [7, 11) is 1.79. The summed E-state index contributed by atoms with van der Waals surface area (Å²) >= 11 is 0. The van der Waals surface area contributed by atoms with Crippen LogP contribution in [0.5, 0.6) is 5.75 Å². The monoisotopic (exact) mass is 400 g/mol. The van der Waals surface area contributed by atoms with Gasteiger partial charge in [0.1, 0.15) is 0 Å². The van der Waals surface area contributed by atoms with Gasteiger partial charge in [-0.25, -0.2) is 12.1 Å². The topological polar surface area (TPSA) is 9.23 Å². The van der Waals surface area contributed by atoms with Gasteiger partial charge in [-0.3, -0.25) is 0 Å². The van der Waals surface area contributed by atoms with E-state index in [2.05, 4.69) is 64.1 Å². The van der Waals surface area contributed by atoms with E-state index in [-0.39, 0.29) is 22.5 Å². The predicted octanol–water partition coefficient (Wildman–Crippen LogP) is 6.74. The summed E-state index contributed by atoms with van der Waals surface area (Å²) < 4.78 is 5.86. The summed E-state index contributed by atoms with van der Waals surface area (Å²) in [6, 6.07) is 20.9. The third-order valence-corrected chi connectivity index (χ3v) is 4.78. The second-order valence-corrected chi connectivity index (χ2v) is 7.96. The molecule has 0 radical (unpaired) electrons. The van der Waals surface area contributed by atoms with Gasteiger partial charge in [-0.15, -0.1) is 12.1 Å². The van der Waals surface area contributed by atoms with Gasteiger partial charge in [0.15, 0.2) is 0 Å². The Morgan fingerprint density at radius 2 is 1.67 bits per heavy atom. The molecule has 3 aromatic carbocycles. The molecule has 1 aliphatic carbocycles. The smallest absolute Gasteiger partial charge is 0.530 e. The molecule has 1 aliphatic rings. The minimum Gasteiger partial charge on any atom is -0.530 e. The van der Waals surface area contributed by atoms with Crippen molar-refractivity contribution in [1.82, 2.24) is 0 Å². The van der Waals surface area contributed by atoms with Gasteiger partial charge in [-0.05, 0) is 24.3 Å². The van der Waals surface area contributed by atoms with Crippen LogP contribution in [0.2, 0.25) is 0 Å². The van der Waals surface area contributed by atoms with E-state index in [9.17, 15) is 0 Å². The van der Waals surface area contributed by atoms with Crippen LogP contribution in [-0.4, -0.2) is 7.11 Å². The van der Waals surface area contributed by atoms with Gasteiger partial charge in [-0.2, -0.15) is 30.3 Å². The number of hydrogen-bond acceptors (Lipinski definition) is 1. The van der Waals surface area contributed by atoms with Gasteiger partial charge in [0.2, 0.25) is 0 Å². The van der Waals surface area contributed by atoms with Crippen LogP contribution in [0.25, 0.3) is 17.2 Å². The molecule has 1 nitrogen and oxygen atoms in total. The van der Waals surface area contributed by atoms with Crippen LogP contribution < -0.4 is 4.74 Å². The van der Waals surface area contributed by atoms with E-state index in [4.69, 9.17) is 4.74 Å². The molecule has 4 rings (SSSR count). The van der Waals surface area contributed by atoms with E-state index in [1.54, 1.807) is 7.11 Å². The fraction of sp³-hybridized carbons (Fsp3) is 0.280. The third kappa shape index (κ3) is 4.64. The van der Waals surface area contributed by atoms with Crippen molar-refractivity contribution < 1.29 is 21.8 Å². The van der Waals surface area contributed by atoms with Crippen molar-refractivity contribution in [3.8, 4) is 16.9 Å². The largest absolute Gasteiger partial charge is 2.00 e. The first-order valence-electron chi connectivity index (χ1n) is 9.22. The maximum Gasteiger partial charge on any atom is 2.00 e. The standard InChI is InChI=1S/C20H23O.C5H5.Fe/c1-13-10-15-12-17(20(2,3)4)19(21-5)18(16(15)11-13)14-8-6-7-9-14;1-2-4-5-3-1;/h6-9,11-12H,10H2,1-5H3;1-5H;/q2*-1;+2. The molecule has 0 bridgehead atoms. The summed E-state index contributed by atoms with van der Waals surface area (Å²) in [5.74, 6) is 1.03. The van der Waals surface area contributed by atoms with Crippen LogP contribution in [0.4, 0.5) is 0 Å². The summed E-state index contributed by atoms with van der Waals surface area (Å²) in [6.45, 7) is 8.96. The maximum atomic E-state index is 5.86. The first-order chi connectivity index (χ1) is 12.4. The Hall–Kier alpha value is -2.02. The second-order valence-electron chi connectivity index (χ2n) is 7.96. The van der Waals surface area contributed by atoms with E-state index in [1.165, 1.54) is 33.4 Å². The zero-order valence-corrected chi connectivity index (χ0v) is 17.9. The Morgan fingerprint density at radius 3 is 2.15 bits per heavy atom. The normalized spacial score (nSPS) is 12.4. The molecule has 0 spiro atoms. The van der Waals surface area contributed by atoms with Crippen LogP contribution in [0.15, 0.2) is 66.2 Å². The van der Waals surface area contributed by atoms with Crippen LogP contribution in [0.1, 0.15) is 44.4 Å². The SMILES string of the molecule is COc1c(C(C)(C)C)cc2c(c1-[c-]1cccc1)C=C(C)C2.[Fe+2].c1cc[cH-]c1. The average Bonchev–Trinajstić information content (AvgIpc) is 3.34. The Bertz CT molecular complexity index is 858. The summed E-state index contributed by atoms with van der Waals surface area (Å²) in [5.41, 5.74) is 8.05. The van der Waals surface area contributed by atoms with Gasteiger partial charge >= 0.3 is 17.1 Å². The van der Waals surface area contributed by atoms with E-state index >= 15 is 0 Å². The number of allylic oxidation sites excluding steroid dienone is 1. The average molecular weight is 400 g/mol. The molecule has 0 atom stereocenters. The van der Waals surface area contributed by atoms with Gasteiger partial charge in [0.25, 0.3) is 0 Å². The fourth-order valence-corrected chi connectivity index (χ4v) is 3.56. The summed E-state index contributed by atoms with van der Waals surface area (Å²) in [4.78, 5) is 0. The number of benzene rings is 1. The molecule has 0 saturated heterocycles. The number of rotatable bonds is 2. The molecule has 3 aromatic rings. The molecule has 0 fully saturated rings. The molecule has 0 aliphatic heterocycles. The van der Waals surface area contributed by atoms with Gasteiger partial charge in [-0.1, -0.05) is 60.7 Å². The summed E-state index contributed by atoms with van der Waals surface area (Å²) in [5, 5.41) is 0. The number of ether oxygens (including phenoxy) is 1. The van der Waals surface area contributed by atoms with Crippen molar-refractivity contribution in [1.29, 1.82) is 0 Å². The molecule has 0 amide bonds. The Morgan fingerprint density at radius 1 is 1.04 bits per heavy atom. The van der Waals surface area contributed by atoms with E-state index in [0.717, 1.165) is 12.2 Å². The fourth-order valence-electron chi connectivity index (χ4n) is 3.56. The van der Waals surface area contributed by atoms with Crippen LogP contribution in [0.3, 0.4) is 0 Å². The molecule has 27 heavy (non-hydrogen) atoms. The van der Waals surface area contributed by atoms with Crippen molar-refractivity contribution in [2.75, 3.05) is 7.11 Å². The van der Waals surface area contributed by atoms with E-state index in [0.29, 0.717) is 0 Å². The van der Waals surface area contributed by atoms with E-state index < -0.39 is 0 Å². The van der Waals surface area contributed by atoms with Crippen molar-refractivity contribution in [3.05, 3.63) is 82.9 Å². The number of fused-ring (bicyclic) bond motifs is 1. The third-order valence-electron chi connectivity index (χ3n) is 4.78. The minimum absolute atomic E-state index is 0. The molecular formula is C25H28FeO. The quantitative estimate of drug-likeness (QED) is 0.342. The Kier molecular flexibility index (Phi) is 6.92. The minimum atomic E-state index is 0. The van der Waals surface area contributed by atoms with Gasteiger partial charge < -0.3 is 4.74 Å². The molecule has 142 valence electrons. The van der Waals surface area contributed by atoms with Gasteiger partial charge in [0.05, 0.1) is 12.9 Å². The first kappa shape index (κ1) is 21.3. The molecule has 0 N–H and O–H groups in total. The van der Waals surface area contributed by atoms with Crippen LogP contribution in [-0.2, 0) is 28.9 Å². The predicted molar refractivity (Wildman–Crippen MR) is 112 cm³/mol. The second kappa shape index (κ2) is 8.78. The molecule has 0 heterocycles. The molecule has 0 saturated carbocycles. The van der Waals surface area contributed by atoms with Crippen LogP contribution in [0, 0.1) is 0 Å². The zero-order valence-electron chi connectivity index (χ0n) is 16.8. The molecular weight excluding hydrogens is 372 g/mol. The molecule has 2 heteroatoms. The van der Waals surface area contributed by atoms with Crippen molar-refractivity contribution >= 4 is 6.08 Å². The van der Waals surface area contributed by atoms with Gasteiger partial charge in [0, 0.05) is 0 Å². The first-order valence-corrected chi connectivity index (χ1v) is 9.22. The number of methoxy groups -OCH3 is 1. The molecule has 0 unspecified atom stereocenters. The zero-order chi connectivity index (χ0) is 18.7. The van der Waals surface area contributed by atoms with E-state index in [1.807, 2.05) is 30.3 Å². The van der Waals surface area contributed by atoms with Crippen molar-refractivity contribution in [2.45, 2.75) is 39.5 Å². The van der Waals surface area contributed by atoms with Crippen molar-refractivity contribution in [2.24, 2.45) is 0 Å².